The minimum Gasteiger partial charge on any atom is -0.440 e. The molecule has 0 saturated carbocycles. The van der Waals surface area contributed by atoms with E-state index < -0.39 is 12.2 Å². The van der Waals surface area contributed by atoms with Gasteiger partial charge in [0.1, 0.15) is 4.83 Å². The second kappa shape index (κ2) is 2.57. The van der Waals surface area contributed by atoms with Gasteiger partial charge in [0.25, 0.3) is 0 Å². The molecule has 56 valence electrons. The van der Waals surface area contributed by atoms with Crippen LogP contribution in [0.4, 0.5) is 0 Å². The van der Waals surface area contributed by atoms with Gasteiger partial charge in [0.2, 0.25) is 5.91 Å². The van der Waals surface area contributed by atoms with Crippen LogP contribution in [0.15, 0.2) is 0 Å². The maximum absolute atomic E-state index is 10.5. The molecule has 0 aromatic carbocycles. The fraction of sp³-hybridized carbons (Fsp3) is 0.600. The Hall–Kier alpha value is -0.580. The molecule has 5 heteroatoms. The van der Waals surface area contributed by atoms with Crippen molar-refractivity contribution in [3.63, 3.8) is 0 Å². The van der Waals surface area contributed by atoms with Crippen molar-refractivity contribution in [2.45, 2.75) is 18.0 Å². The summed E-state index contributed by atoms with van der Waals surface area (Å²) in [4.78, 5) is 20.4. The van der Waals surface area contributed by atoms with Crippen molar-refractivity contribution in [3.8, 4) is 0 Å². The van der Waals surface area contributed by atoms with E-state index in [1.807, 2.05) is 0 Å². The van der Waals surface area contributed by atoms with E-state index in [1.165, 1.54) is 6.92 Å². The molecule has 0 aromatic heterocycles. The average molecular weight is 208 g/mol. The lowest BCUT2D eigenvalue weighted by atomic mass is 10.2. The number of alkyl halides is 1. The van der Waals surface area contributed by atoms with Gasteiger partial charge in [-0.1, -0.05) is 15.9 Å². The topological polar surface area (TPSA) is 55.4 Å². The van der Waals surface area contributed by atoms with Crippen LogP contribution in [0, 0.1) is 0 Å². The van der Waals surface area contributed by atoms with Gasteiger partial charge in [0.05, 0.1) is 0 Å². The number of carbonyl (C=O) groups is 2. The Morgan fingerprint density at radius 1 is 1.80 bits per heavy atom. The number of β-lactam (4-membered cyclic amide) rings is 1. The second-order valence-electron chi connectivity index (χ2n) is 1.94. The molecular weight excluding hydrogens is 202 g/mol. The standard InChI is InChI=1S/C5H6BrNO3/c1-2(8)10-5-3(6)4(9)7-5/h3,5H,1H3,(H,7,9)/t3-,5?/m0/s1. The van der Waals surface area contributed by atoms with Gasteiger partial charge in [-0.2, -0.15) is 0 Å². The lowest BCUT2D eigenvalue weighted by Crippen LogP contribution is -2.60. The number of hydrogen-bond acceptors (Lipinski definition) is 3. The Balaban J connectivity index is 2.34. The third-order valence-electron chi connectivity index (χ3n) is 1.09. The van der Waals surface area contributed by atoms with Gasteiger partial charge in [-0.15, -0.1) is 0 Å². The third-order valence-corrected chi connectivity index (χ3v) is 1.99. The lowest BCUT2D eigenvalue weighted by Gasteiger charge is -2.31. The molecule has 2 atom stereocenters. The van der Waals surface area contributed by atoms with Crippen molar-refractivity contribution in [2.24, 2.45) is 0 Å². The first-order valence-corrected chi connectivity index (χ1v) is 3.64. The van der Waals surface area contributed by atoms with Crippen molar-refractivity contribution >= 4 is 27.8 Å². The van der Waals surface area contributed by atoms with Crippen LogP contribution < -0.4 is 5.32 Å². The van der Waals surface area contributed by atoms with Crippen LogP contribution in [-0.2, 0) is 14.3 Å². The predicted octanol–water partition coefficient (Wildman–Crippen LogP) is -0.231. The van der Waals surface area contributed by atoms with Crippen molar-refractivity contribution in [1.82, 2.24) is 5.32 Å². The van der Waals surface area contributed by atoms with E-state index in [0.717, 1.165) is 0 Å². The number of amides is 1. The molecule has 0 bridgehead atoms. The summed E-state index contributed by atoms with van der Waals surface area (Å²) >= 11 is 3.03. The first kappa shape index (κ1) is 7.53. The highest BCUT2D eigenvalue weighted by Crippen LogP contribution is 2.16. The van der Waals surface area contributed by atoms with Crippen molar-refractivity contribution < 1.29 is 14.3 Å². The van der Waals surface area contributed by atoms with Crippen molar-refractivity contribution in [3.05, 3.63) is 0 Å². The number of nitrogens with one attached hydrogen (secondary N) is 1. The molecule has 10 heavy (non-hydrogen) atoms. The minimum absolute atomic E-state index is 0.147. The highest BCUT2D eigenvalue weighted by atomic mass is 79.9. The summed E-state index contributed by atoms with van der Waals surface area (Å²) in [6, 6.07) is 0. The van der Waals surface area contributed by atoms with Gasteiger partial charge in [-0.3, -0.25) is 9.59 Å². The van der Waals surface area contributed by atoms with E-state index in [0.29, 0.717) is 0 Å². The van der Waals surface area contributed by atoms with Crippen LogP contribution in [0.2, 0.25) is 0 Å². The minimum atomic E-state index is -0.481. The van der Waals surface area contributed by atoms with Crippen LogP contribution in [0.1, 0.15) is 6.92 Å². The molecule has 0 aromatic rings. The second-order valence-corrected chi connectivity index (χ2v) is 2.93. The van der Waals surface area contributed by atoms with E-state index >= 15 is 0 Å². The molecular formula is C5H6BrNO3. The van der Waals surface area contributed by atoms with Gasteiger partial charge >= 0.3 is 5.97 Å². The largest absolute Gasteiger partial charge is 0.440 e. The normalized spacial score (nSPS) is 30.4. The summed E-state index contributed by atoms with van der Waals surface area (Å²) in [6.45, 7) is 1.30. The van der Waals surface area contributed by atoms with E-state index in [-0.39, 0.29) is 10.7 Å². The summed E-state index contributed by atoms with van der Waals surface area (Å²) in [7, 11) is 0. The summed E-state index contributed by atoms with van der Waals surface area (Å²) in [6.07, 6.45) is -0.481. The molecule has 0 radical (unpaired) electrons. The molecule has 1 rings (SSSR count). The van der Waals surface area contributed by atoms with Crippen molar-refractivity contribution in [2.75, 3.05) is 0 Å². The summed E-state index contributed by atoms with van der Waals surface area (Å²) in [5.74, 6) is -0.541. The first-order chi connectivity index (χ1) is 4.61. The molecule has 1 amide bonds. The lowest BCUT2D eigenvalue weighted by molar-refractivity contribution is -0.157. The van der Waals surface area contributed by atoms with E-state index in [4.69, 9.17) is 0 Å². The number of ether oxygens (including phenoxy) is 1. The van der Waals surface area contributed by atoms with Gasteiger partial charge in [0, 0.05) is 6.92 Å². The summed E-state index contributed by atoms with van der Waals surface area (Å²) < 4.78 is 4.65. The zero-order valence-corrected chi connectivity index (χ0v) is 6.84. The van der Waals surface area contributed by atoms with E-state index in [9.17, 15) is 9.59 Å². The summed E-state index contributed by atoms with van der Waals surface area (Å²) in [5, 5.41) is 2.39. The zero-order valence-electron chi connectivity index (χ0n) is 5.26. The van der Waals surface area contributed by atoms with E-state index in [2.05, 4.69) is 26.0 Å². The molecule has 1 heterocycles. The van der Waals surface area contributed by atoms with Gasteiger partial charge in [-0.25, -0.2) is 0 Å². The molecule has 1 saturated heterocycles. The highest BCUT2D eigenvalue weighted by molar-refractivity contribution is 9.10. The maximum Gasteiger partial charge on any atom is 0.304 e. The Morgan fingerprint density at radius 3 is 2.70 bits per heavy atom. The molecule has 1 N–H and O–H groups in total. The Morgan fingerprint density at radius 2 is 2.40 bits per heavy atom. The Labute approximate surface area is 66.0 Å². The van der Waals surface area contributed by atoms with Crippen LogP contribution in [0.5, 0.6) is 0 Å². The van der Waals surface area contributed by atoms with Gasteiger partial charge < -0.3 is 10.1 Å². The molecule has 0 spiro atoms. The predicted molar refractivity (Wildman–Crippen MR) is 36.4 cm³/mol. The molecule has 1 unspecified atom stereocenters. The number of esters is 1. The fourth-order valence-corrected chi connectivity index (χ4v) is 0.974. The van der Waals surface area contributed by atoms with E-state index in [1.54, 1.807) is 0 Å². The molecule has 0 aliphatic carbocycles. The monoisotopic (exact) mass is 207 g/mol. The molecule has 1 aliphatic heterocycles. The number of halogens is 1. The molecule has 1 aliphatic rings. The number of rotatable bonds is 1. The first-order valence-electron chi connectivity index (χ1n) is 2.73. The smallest absolute Gasteiger partial charge is 0.304 e. The summed E-state index contributed by atoms with van der Waals surface area (Å²) in [5.41, 5.74) is 0. The van der Waals surface area contributed by atoms with Crippen LogP contribution >= 0.6 is 15.9 Å². The average Bonchev–Trinajstić information content (AvgIpc) is 1.86. The van der Waals surface area contributed by atoms with Gasteiger partial charge in [0.15, 0.2) is 6.23 Å². The van der Waals surface area contributed by atoms with Crippen molar-refractivity contribution in [1.29, 1.82) is 0 Å². The maximum atomic E-state index is 10.5. The number of carbonyl (C=O) groups excluding carboxylic acids is 2. The fourth-order valence-electron chi connectivity index (χ4n) is 0.602. The Kier molecular flexibility index (Phi) is 1.94. The number of hydrogen-bond donors (Lipinski definition) is 1. The van der Waals surface area contributed by atoms with Gasteiger partial charge in [-0.05, 0) is 0 Å². The van der Waals surface area contributed by atoms with Crippen LogP contribution in [0.3, 0.4) is 0 Å². The molecule has 4 nitrogen and oxygen atoms in total. The van der Waals surface area contributed by atoms with Crippen LogP contribution in [0.25, 0.3) is 0 Å². The SMILES string of the molecule is CC(=O)OC1NC(=O)[C@@H]1Br. The van der Waals surface area contributed by atoms with Crippen LogP contribution in [-0.4, -0.2) is 22.9 Å². The Bertz CT molecular complexity index is 182. The quantitative estimate of drug-likeness (QED) is 0.368. The zero-order chi connectivity index (χ0) is 7.72. The third kappa shape index (κ3) is 1.29. The molecule has 1 fully saturated rings. The highest BCUT2D eigenvalue weighted by Gasteiger charge is 2.39.